The highest BCUT2D eigenvalue weighted by Crippen LogP contribution is 2.37. The van der Waals surface area contributed by atoms with Crippen molar-refractivity contribution in [3.63, 3.8) is 0 Å². The van der Waals surface area contributed by atoms with Gasteiger partial charge in [0.2, 0.25) is 5.91 Å². The Hall–Kier alpha value is -2.16. The van der Waals surface area contributed by atoms with E-state index in [1.807, 2.05) is 0 Å². The van der Waals surface area contributed by atoms with Gasteiger partial charge in [0, 0.05) is 24.7 Å². The minimum absolute atomic E-state index is 0.0515. The quantitative estimate of drug-likeness (QED) is 0.864. The van der Waals surface area contributed by atoms with E-state index in [0.717, 1.165) is 17.0 Å². The molecule has 2 aliphatic heterocycles. The summed E-state index contributed by atoms with van der Waals surface area (Å²) >= 11 is 1.18. The first-order chi connectivity index (χ1) is 12.3. The van der Waals surface area contributed by atoms with Crippen LogP contribution in [0.25, 0.3) is 0 Å². The number of anilines is 1. The number of ether oxygens (including phenoxy) is 1. The SMILES string of the molecule is CC(=O)NC[C@H]1CN(c2cc(F)c(C3CCSC(=O)C3)c(F)c2)C(=O)O1. The van der Waals surface area contributed by atoms with Gasteiger partial charge in [0.05, 0.1) is 18.8 Å². The molecule has 2 fully saturated rings. The number of hydrogen-bond donors (Lipinski definition) is 1. The standard InChI is InChI=1S/C17H18F2N2O4S/c1-9(22)20-7-12-8-21(17(24)25-12)11-5-13(18)16(14(19)6-11)10-2-3-26-15(23)4-10/h5-6,10,12H,2-4,7-8H2,1H3,(H,20,22)/t10?,12-/m0/s1. The maximum Gasteiger partial charge on any atom is 0.414 e. The average Bonchev–Trinajstić information content (AvgIpc) is 2.93. The molecule has 6 nitrogen and oxygen atoms in total. The molecule has 0 saturated carbocycles. The molecular weight excluding hydrogens is 366 g/mol. The summed E-state index contributed by atoms with van der Waals surface area (Å²) in [5, 5.41) is 2.46. The van der Waals surface area contributed by atoms with Crippen LogP contribution in [-0.4, -0.2) is 42.1 Å². The normalized spacial score (nSPS) is 23.1. The molecule has 1 N–H and O–H groups in total. The fourth-order valence-corrected chi connectivity index (χ4v) is 4.09. The summed E-state index contributed by atoms with van der Waals surface area (Å²) in [5.41, 5.74) is -0.0552. The van der Waals surface area contributed by atoms with Crippen LogP contribution in [0.5, 0.6) is 0 Å². The molecule has 0 spiro atoms. The fourth-order valence-electron chi connectivity index (χ4n) is 3.14. The Kier molecular flexibility index (Phi) is 5.45. The van der Waals surface area contributed by atoms with Crippen LogP contribution < -0.4 is 10.2 Å². The van der Waals surface area contributed by atoms with Gasteiger partial charge in [-0.15, -0.1) is 0 Å². The summed E-state index contributed by atoms with van der Waals surface area (Å²) < 4.78 is 34.2. The maximum atomic E-state index is 14.6. The molecule has 2 heterocycles. The summed E-state index contributed by atoms with van der Waals surface area (Å²) in [6, 6.07) is 2.18. The Morgan fingerprint density at radius 3 is 2.65 bits per heavy atom. The number of nitrogens with zero attached hydrogens (tertiary/aromatic N) is 1. The number of rotatable bonds is 4. The van der Waals surface area contributed by atoms with E-state index in [-0.39, 0.29) is 41.8 Å². The predicted octanol–water partition coefficient (Wildman–Crippen LogP) is 2.56. The van der Waals surface area contributed by atoms with Gasteiger partial charge in [-0.3, -0.25) is 14.5 Å². The number of carbonyl (C=O) groups excluding carboxylic acids is 3. The van der Waals surface area contributed by atoms with Crippen molar-refractivity contribution in [2.75, 3.05) is 23.7 Å². The molecule has 2 aliphatic rings. The van der Waals surface area contributed by atoms with E-state index in [0.29, 0.717) is 12.2 Å². The molecule has 26 heavy (non-hydrogen) atoms. The zero-order valence-corrected chi connectivity index (χ0v) is 14.9. The van der Waals surface area contributed by atoms with Gasteiger partial charge in [0.15, 0.2) is 5.12 Å². The number of cyclic esters (lactones) is 1. The summed E-state index contributed by atoms with van der Waals surface area (Å²) in [6.45, 7) is 1.55. The second-order valence-corrected chi connectivity index (χ2v) is 7.44. The summed E-state index contributed by atoms with van der Waals surface area (Å²) in [4.78, 5) is 35.6. The molecular formula is C17H18F2N2O4S. The van der Waals surface area contributed by atoms with Crippen LogP contribution in [-0.2, 0) is 14.3 Å². The summed E-state index contributed by atoms with van der Waals surface area (Å²) in [5.74, 6) is -1.77. The van der Waals surface area contributed by atoms with Crippen molar-refractivity contribution in [2.24, 2.45) is 0 Å². The van der Waals surface area contributed by atoms with Crippen molar-refractivity contribution in [1.82, 2.24) is 5.32 Å². The van der Waals surface area contributed by atoms with Crippen LogP contribution in [0.1, 0.15) is 31.2 Å². The van der Waals surface area contributed by atoms with Crippen LogP contribution in [0, 0.1) is 11.6 Å². The molecule has 0 radical (unpaired) electrons. The molecule has 1 aromatic carbocycles. The second kappa shape index (κ2) is 7.61. The van der Waals surface area contributed by atoms with Crippen LogP contribution in [0.4, 0.5) is 19.3 Å². The summed E-state index contributed by atoms with van der Waals surface area (Å²) in [6.07, 6.45) is -0.697. The van der Waals surface area contributed by atoms with Gasteiger partial charge in [-0.1, -0.05) is 11.8 Å². The average molecular weight is 384 g/mol. The Morgan fingerprint density at radius 1 is 1.35 bits per heavy atom. The van der Waals surface area contributed by atoms with Crippen LogP contribution in [0.3, 0.4) is 0 Å². The van der Waals surface area contributed by atoms with Crippen LogP contribution in [0.15, 0.2) is 12.1 Å². The molecule has 2 atom stereocenters. The third kappa shape index (κ3) is 3.98. The third-order valence-electron chi connectivity index (χ3n) is 4.38. The van der Waals surface area contributed by atoms with Crippen molar-refractivity contribution in [3.05, 3.63) is 29.3 Å². The molecule has 2 saturated heterocycles. The van der Waals surface area contributed by atoms with Gasteiger partial charge in [0.25, 0.3) is 0 Å². The molecule has 1 unspecified atom stereocenters. The fraction of sp³-hybridized carbons (Fsp3) is 0.471. The first-order valence-corrected chi connectivity index (χ1v) is 9.21. The minimum Gasteiger partial charge on any atom is -0.442 e. The van der Waals surface area contributed by atoms with E-state index in [9.17, 15) is 23.2 Å². The zero-order valence-electron chi connectivity index (χ0n) is 14.1. The van der Waals surface area contributed by atoms with Crippen molar-refractivity contribution in [2.45, 2.75) is 31.8 Å². The van der Waals surface area contributed by atoms with Crippen molar-refractivity contribution in [3.8, 4) is 0 Å². The van der Waals surface area contributed by atoms with Crippen LogP contribution >= 0.6 is 11.8 Å². The number of thioether (sulfide) groups is 1. The van der Waals surface area contributed by atoms with Gasteiger partial charge in [0.1, 0.15) is 17.7 Å². The molecule has 0 aliphatic carbocycles. The lowest BCUT2D eigenvalue weighted by Gasteiger charge is -2.23. The highest BCUT2D eigenvalue weighted by Gasteiger charge is 2.34. The zero-order chi connectivity index (χ0) is 18.8. The van der Waals surface area contributed by atoms with E-state index < -0.39 is 29.7 Å². The molecule has 3 rings (SSSR count). The lowest BCUT2D eigenvalue weighted by molar-refractivity contribution is -0.119. The monoisotopic (exact) mass is 384 g/mol. The molecule has 1 aromatic rings. The van der Waals surface area contributed by atoms with Crippen molar-refractivity contribution >= 4 is 34.6 Å². The van der Waals surface area contributed by atoms with Gasteiger partial charge >= 0.3 is 6.09 Å². The Balaban J connectivity index is 1.78. The first-order valence-electron chi connectivity index (χ1n) is 8.22. The first kappa shape index (κ1) is 18.6. The number of amides is 2. The highest BCUT2D eigenvalue weighted by atomic mass is 32.2. The minimum atomic E-state index is -0.775. The second-order valence-electron chi connectivity index (χ2n) is 6.29. The number of carbonyl (C=O) groups is 3. The molecule has 9 heteroatoms. The molecule has 140 valence electrons. The topological polar surface area (TPSA) is 75.7 Å². The van der Waals surface area contributed by atoms with E-state index in [1.165, 1.54) is 18.7 Å². The van der Waals surface area contributed by atoms with E-state index in [2.05, 4.69) is 5.32 Å². The van der Waals surface area contributed by atoms with Crippen molar-refractivity contribution < 1.29 is 27.9 Å². The van der Waals surface area contributed by atoms with Gasteiger partial charge in [-0.05, 0) is 24.5 Å². The lowest BCUT2D eigenvalue weighted by atomic mass is 9.92. The van der Waals surface area contributed by atoms with Crippen LogP contribution in [0.2, 0.25) is 0 Å². The van der Waals surface area contributed by atoms with Gasteiger partial charge in [-0.25, -0.2) is 13.6 Å². The van der Waals surface area contributed by atoms with E-state index in [4.69, 9.17) is 4.74 Å². The Labute approximate surface area is 153 Å². The van der Waals surface area contributed by atoms with Gasteiger partial charge < -0.3 is 10.1 Å². The number of nitrogens with one attached hydrogen (secondary N) is 1. The highest BCUT2D eigenvalue weighted by molar-refractivity contribution is 8.13. The lowest BCUT2D eigenvalue weighted by Crippen LogP contribution is -2.33. The maximum absolute atomic E-state index is 14.6. The molecule has 2 amide bonds. The van der Waals surface area contributed by atoms with Crippen molar-refractivity contribution in [1.29, 1.82) is 0 Å². The Morgan fingerprint density at radius 2 is 2.04 bits per heavy atom. The van der Waals surface area contributed by atoms with Gasteiger partial charge in [-0.2, -0.15) is 0 Å². The largest absolute Gasteiger partial charge is 0.442 e. The predicted molar refractivity (Wildman–Crippen MR) is 92.1 cm³/mol. The third-order valence-corrected chi connectivity index (χ3v) is 5.31. The number of hydrogen-bond acceptors (Lipinski definition) is 5. The van der Waals surface area contributed by atoms with E-state index in [1.54, 1.807) is 0 Å². The Bertz CT molecular complexity index is 735. The smallest absolute Gasteiger partial charge is 0.414 e. The molecule has 0 aromatic heterocycles. The summed E-state index contributed by atoms with van der Waals surface area (Å²) in [7, 11) is 0. The number of benzene rings is 1. The number of halogens is 2. The van der Waals surface area contributed by atoms with E-state index >= 15 is 0 Å². The molecule has 0 bridgehead atoms.